The fourth-order valence-corrected chi connectivity index (χ4v) is 0.695. The maximum atomic E-state index is 11.2. The summed E-state index contributed by atoms with van der Waals surface area (Å²) in [5.74, 6) is 0.106. The van der Waals surface area contributed by atoms with Crippen LogP contribution in [0.2, 0.25) is 0 Å². The first kappa shape index (κ1) is 10.4. The van der Waals surface area contributed by atoms with Crippen molar-refractivity contribution in [1.82, 2.24) is 4.90 Å². The van der Waals surface area contributed by atoms with Gasteiger partial charge in [-0.15, -0.1) is 0 Å². The first-order chi connectivity index (χ1) is 5.09. The van der Waals surface area contributed by atoms with Gasteiger partial charge in [-0.1, -0.05) is 0 Å². The summed E-state index contributed by atoms with van der Waals surface area (Å²) in [6, 6.07) is 0.251. The summed E-state index contributed by atoms with van der Waals surface area (Å²) in [6.45, 7) is 4.03. The number of nitrogens with zero attached hydrogens (tertiary/aromatic N) is 1. The third-order valence-corrected chi connectivity index (χ3v) is 1.72. The van der Waals surface area contributed by atoms with Crippen molar-refractivity contribution in [2.45, 2.75) is 32.7 Å². The van der Waals surface area contributed by atoms with E-state index >= 15 is 0 Å². The van der Waals surface area contributed by atoms with Crippen LogP contribution in [0.5, 0.6) is 0 Å². The SMILES string of the molecule is CC(C)N(C)C(=O)CCCO. The van der Waals surface area contributed by atoms with E-state index in [2.05, 4.69) is 0 Å². The summed E-state index contributed by atoms with van der Waals surface area (Å²) in [4.78, 5) is 12.8. The summed E-state index contributed by atoms with van der Waals surface area (Å²) < 4.78 is 0. The molecule has 3 heteroatoms. The van der Waals surface area contributed by atoms with Crippen LogP contribution < -0.4 is 0 Å². The quantitative estimate of drug-likeness (QED) is 0.653. The standard InChI is InChI=1S/C8H17NO2/c1-7(2)9(3)8(11)5-4-6-10/h7,10H,4-6H2,1-3H3. The van der Waals surface area contributed by atoms with Crippen molar-refractivity contribution < 1.29 is 9.90 Å². The third-order valence-electron chi connectivity index (χ3n) is 1.72. The molecule has 0 heterocycles. The minimum Gasteiger partial charge on any atom is -0.396 e. The van der Waals surface area contributed by atoms with Gasteiger partial charge in [0.15, 0.2) is 0 Å². The van der Waals surface area contributed by atoms with Crippen LogP contribution in [0.4, 0.5) is 0 Å². The van der Waals surface area contributed by atoms with Gasteiger partial charge in [0.1, 0.15) is 0 Å². The molecule has 0 unspecified atom stereocenters. The van der Waals surface area contributed by atoms with Crippen LogP contribution >= 0.6 is 0 Å². The molecule has 0 aliphatic carbocycles. The van der Waals surface area contributed by atoms with E-state index < -0.39 is 0 Å². The highest BCUT2D eigenvalue weighted by molar-refractivity contribution is 5.76. The lowest BCUT2D eigenvalue weighted by atomic mass is 10.2. The summed E-state index contributed by atoms with van der Waals surface area (Å²) in [7, 11) is 1.78. The van der Waals surface area contributed by atoms with E-state index in [1.165, 1.54) is 0 Å². The minimum atomic E-state index is 0.0949. The number of amides is 1. The van der Waals surface area contributed by atoms with E-state index in [0.717, 1.165) is 0 Å². The molecule has 0 rings (SSSR count). The van der Waals surface area contributed by atoms with E-state index in [9.17, 15) is 4.79 Å². The second-order valence-electron chi connectivity index (χ2n) is 2.93. The van der Waals surface area contributed by atoms with Crippen molar-refractivity contribution in [3.8, 4) is 0 Å². The molecule has 0 atom stereocenters. The molecular weight excluding hydrogens is 142 g/mol. The maximum absolute atomic E-state index is 11.2. The Kier molecular flexibility index (Phi) is 4.86. The number of aliphatic hydroxyl groups excluding tert-OH is 1. The van der Waals surface area contributed by atoms with E-state index in [1.807, 2.05) is 13.8 Å². The second-order valence-corrected chi connectivity index (χ2v) is 2.93. The van der Waals surface area contributed by atoms with Crippen LogP contribution in [0.1, 0.15) is 26.7 Å². The fraction of sp³-hybridized carbons (Fsp3) is 0.875. The monoisotopic (exact) mass is 159 g/mol. The molecule has 0 aliphatic rings. The molecule has 1 N–H and O–H groups in total. The molecule has 0 bridgehead atoms. The van der Waals surface area contributed by atoms with Gasteiger partial charge in [-0.2, -0.15) is 0 Å². The molecule has 0 saturated heterocycles. The average molecular weight is 159 g/mol. The summed E-state index contributed by atoms with van der Waals surface area (Å²) in [5, 5.41) is 8.46. The predicted molar refractivity (Wildman–Crippen MR) is 44.2 cm³/mol. The lowest BCUT2D eigenvalue weighted by molar-refractivity contribution is -0.131. The topological polar surface area (TPSA) is 40.5 Å². The molecule has 3 nitrogen and oxygen atoms in total. The Bertz CT molecular complexity index is 123. The van der Waals surface area contributed by atoms with Crippen LogP contribution in [0.25, 0.3) is 0 Å². The Labute approximate surface area is 68.0 Å². The van der Waals surface area contributed by atoms with Crippen molar-refractivity contribution in [2.75, 3.05) is 13.7 Å². The van der Waals surface area contributed by atoms with Crippen molar-refractivity contribution in [2.24, 2.45) is 0 Å². The Morgan fingerprint density at radius 3 is 2.45 bits per heavy atom. The summed E-state index contributed by atoms with van der Waals surface area (Å²) in [6.07, 6.45) is 1.01. The molecule has 0 saturated carbocycles. The van der Waals surface area contributed by atoms with Crippen LogP contribution in [0, 0.1) is 0 Å². The van der Waals surface area contributed by atoms with Gasteiger partial charge in [0, 0.05) is 26.1 Å². The fourth-order valence-electron chi connectivity index (χ4n) is 0.695. The molecule has 11 heavy (non-hydrogen) atoms. The molecule has 1 amide bonds. The predicted octanol–water partition coefficient (Wildman–Crippen LogP) is 0.626. The number of aliphatic hydroxyl groups is 1. The Balaban J connectivity index is 3.64. The van der Waals surface area contributed by atoms with Gasteiger partial charge in [0.25, 0.3) is 0 Å². The van der Waals surface area contributed by atoms with Gasteiger partial charge >= 0.3 is 0 Å². The lowest BCUT2D eigenvalue weighted by Gasteiger charge is -2.21. The van der Waals surface area contributed by atoms with Crippen LogP contribution in [0.3, 0.4) is 0 Å². The van der Waals surface area contributed by atoms with Gasteiger partial charge in [-0.25, -0.2) is 0 Å². The Morgan fingerprint density at radius 1 is 1.55 bits per heavy atom. The smallest absolute Gasteiger partial charge is 0.222 e. The highest BCUT2D eigenvalue weighted by Crippen LogP contribution is 1.99. The molecule has 0 radical (unpaired) electrons. The second kappa shape index (κ2) is 5.13. The van der Waals surface area contributed by atoms with Gasteiger partial charge < -0.3 is 10.0 Å². The average Bonchev–Trinajstić information content (AvgIpc) is 1.98. The first-order valence-electron chi connectivity index (χ1n) is 3.96. The van der Waals surface area contributed by atoms with Crippen molar-refractivity contribution in [3.63, 3.8) is 0 Å². The number of hydrogen-bond acceptors (Lipinski definition) is 2. The molecule has 66 valence electrons. The molecule has 0 spiro atoms. The van der Waals surface area contributed by atoms with Gasteiger partial charge in [-0.3, -0.25) is 4.79 Å². The van der Waals surface area contributed by atoms with Crippen molar-refractivity contribution in [1.29, 1.82) is 0 Å². The van der Waals surface area contributed by atoms with Crippen LogP contribution in [0.15, 0.2) is 0 Å². The zero-order valence-corrected chi connectivity index (χ0v) is 7.50. The molecule has 0 aromatic carbocycles. The molecule has 0 fully saturated rings. The Morgan fingerprint density at radius 2 is 2.09 bits per heavy atom. The summed E-state index contributed by atoms with van der Waals surface area (Å²) >= 11 is 0. The molecular formula is C8H17NO2. The van der Waals surface area contributed by atoms with Crippen LogP contribution in [-0.2, 0) is 4.79 Å². The maximum Gasteiger partial charge on any atom is 0.222 e. The zero-order valence-electron chi connectivity index (χ0n) is 7.50. The number of carbonyl (C=O) groups is 1. The highest BCUT2D eigenvalue weighted by Gasteiger charge is 2.10. The third kappa shape index (κ3) is 3.98. The van der Waals surface area contributed by atoms with Gasteiger partial charge in [0.2, 0.25) is 5.91 Å². The van der Waals surface area contributed by atoms with Gasteiger partial charge in [-0.05, 0) is 20.3 Å². The molecule has 0 aromatic rings. The Hall–Kier alpha value is -0.570. The van der Waals surface area contributed by atoms with Gasteiger partial charge in [0.05, 0.1) is 0 Å². The number of hydrogen-bond donors (Lipinski definition) is 1. The first-order valence-corrected chi connectivity index (χ1v) is 3.96. The largest absolute Gasteiger partial charge is 0.396 e. The zero-order chi connectivity index (χ0) is 8.85. The van der Waals surface area contributed by atoms with E-state index in [0.29, 0.717) is 12.8 Å². The molecule has 0 aliphatic heterocycles. The summed E-state index contributed by atoms with van der Waals surface area (Å²) in [5.41, 5.74) is 0. The number of carbonyl (C=O) groups excluding carboxylic acids is 1. The molecule has 0 aromatic heterocycles. The number of rotatable bonds is 4. The normalized spacial score (nSPS) is 10.3. The van der Waals surface area contributed by atoms with E-state index in [1.54, 1.807) is 11.9 Å². The lowest BCUT2D eigenvalue weighted by Crippen LogP contribution is -2.32. The van der Waals surface area contributed by atoms with Crippen LogP contribution in [-0.4, -0.2) is 35.6 Å². The van der Waals surface area contributed by atoms with Crippen molar-refractivity contribution >= 4 is 5.91 Å². The minimum absolute atomic E-state index is 0.0949. The van der Waals surface area contributed by atoms with E-state index in [4.69, 9.17) is 5.11 Å². The van der Waals surface area contributed by atoms with E-state index in [-0.39, 0.29) is 18.6 Å². The van der Waals surface area contributed by atoms with Crippen molar-refractivity contribution in [3.05, 3.63) is 0 Å². The highest BCUT2D eigenvalue weighted by atomic mass is 16.3.